The van der Waals surface area contributed by atoms with Gasteiger partial charge in [-0.05, 0) is 36.4 Å². The van der Waals surface area contributed by atoms with Crippen molar-refractivity contribution in [3.63, 3.8) is 0 Å². The quantitative estimate of drug-likeness (QED) is 0.407. The number of hydrogen-bond acceptors (Lipinski definition) is 4. The topological polar surface area (TPSA) is 90.9 Å². The summed E-state index contributed by atoms with van der Waals surface area (Å²) in [6.45, 7) is 0. The highest BCUT2D eigenvalue weighted by atomic mass is 35.5. The third-order valence-corrected chi connectivity index (χ3v) is 3.82. The molecule has 0 aliphatic rings. The number of nitrogens with one attached hydrogen (secondary N) is 2. The molecule has 0 fully saturated rings. The van der Waals surface area contributed by atoms with Crippen LogP contribution in [0.5, 0.6) is 0 Å². The Morgan fingerprint density at radius 1 is 1.12 bits per heavy atom. The standard InChI is InChI=1S/C16H11Cl3N4O/c17-10-1-3-12(18)15(5-10)22-8-9(7-20)16(24)23-11-2-4-14(21)13(19)6-11/h1-6,8,22H,21H2,(H,23,24)/b9-8-. The van der Waals surface area contributed by atoms with Crippen molar-refractivity contribution < 1.29 is 4.79 Å². The zero-order chi connectivity index (χ0) is 17.7. The van der Waals surface area contributed by atoms with E-state index in [2.05, 4.69) is 10.6 Å². The number of amides is 1. The van der Waals surface area contributed by atoms with Crippen molar-refractivity contribution in [1.82, 2.24) is 0 Å². The van der Waals surface area contributed by atoms with E-state index in [0.717, 1.165) is 0 Å². The molecule has 0 bridgehead atoms. The smallest absolute Gasteiger partial charge is 0.267 e. The molecule has 0 spiro atoms. The van der Waals surface area contributed by atoms with Gasteiger partial charge >= 0.3 is 0 Å². The summed E-state index contributed by atoms with van der Waals surface area (Å²) in [6, 6.07) is 11.2. The van der Waals surface area contributed by atoms with E-state index in [1.54, 1.807) is 36.4 Å². The molecular weight excluding hydrogens is 371 g/mol. The highest BCUT2D eigenvalue weighted by molar-refractivity contribution is 6.35. The number of anilines is 3. The van der Waals surface area contributed by atoms with E-state index in [0.29, 0.717) is 32.1 Å². The molecule has 24 heavy (non-hydrogen) atoms. The number of halogens is 3. The molecule has 0 atom stereocenters. The van der Waals surface area contributed by atoms with Gasteiger partial charge in [-0.2, -0.15) is 5.26 Å². The van der Waals surface area contributed by atoms with Crippen LogP contribution < -0.4 is 16.4 Å². The number of carbonyl (C=O) groups is 1. The first-order valence-corrected chi connectivity index (χ1v) is 7.72. The molecular formula is C16H11Cl3N4O. The Morgan fingerprint density at radius 3 is 2.54 bits per heavy atom. The van der Waals surface area contributed by atoms with Crippen LogP contribution in [0.15, 0.2) is 48.2 Å². The molecule has 2 rings (SSSR count). The van der Waals surface area contributed by atoms with Gasteiger partial charge in [0.1, 0.15) is 11.6 Å². The summed E-state index contributed by atoms with van der Waals surface area (Å²) in [7, 11) is 0. The van der Waals surface area contributed by atoms with Crippen LogP contribution in [0.1, 0.15) is 0 Å². The second kappa shape index (κ2) is 7.93. The first-order chi connectivity index (χ1) is 11.4. The van der Waals surface area contributed by atoms with Crippen molar-refractivity contribution in [3.8, 4) is 6.07 Å². The summed E-state index contributed by atoms with van der Waals surface area (Å²) < 4.78 is 0. The average molecular weight is 382 g/mol. The molecule has 0 saturated heterocycles. The number of nitriles is 1. The lowest BCUT2D eigenvalue weighted by atomic mass is 10.2. The molecule has 0 aliphatic carbocycles. The minimum atomic E-state index is -0.607. The predicted molar refractivity (Wildman–Crippen MR) is 98.3 cm³/mol. The minimum Gasteiger partial charge on any atom is -0.398 e. The second-order valence-electron chi connectivity index (χ2n) is 4.63. The summed E-state index contributed by atoms with van der Waals surface area (Å²) in [4.78, 5) is 12.1. The van der Waals surface area contributed by atoms with Crippen molar-refractivity contribution in [2.75, 3.05) is 16.4 Å². The highest BCUT2D eigenvalue weighted by Gasteiger charge is 2.10. The van der Waals surface area contributed by atoms with Gasteiger partial charge in [-0.15, -0.1) is 0 Å². The summed E-state index contributed by atoms with van der Waals surface area (Å²) in [6.07, 6.45) is 1.24. The Bertz CT molecular complexity index is 859. The van der Waals surface area contributed by atoms with Gasteiger partial charge < -0.3 is 16.4 Å². The second-order valence-corrected chi connectivity index (χ2v) is 5.88. The SMILES string of the molecule is N#C/C(=C/Nc1cc(Cl)ccc1Cl)C(=O)Nc1ccc(N)c(Cl)c1. The molecule has 2 aromatic rings. The van der Waals surface area contributed by atoms with E-state index in [4.69, 9.17) is 45.8 Å². The van der Waals surface area contributed by atoms with E-state index in [-0.39, 0.29) is 5.57 Å². The normalized spacial score (nSPS) is 10.8. The maximum absolute atomic E-state index is 12.1. The zero-order valence-corrected chi connectivity index (χ0v) is 14.4. The van der Waals surface area contributed by atoms with E-state index in [1.807, 2.05) is 0 Å². The van der Waals surface area contributed by atoms with Crippen LogP contribution in [0.2, 0.25) is 15.1 Å². The van der Waals surface area contributed by atoms with Crippen LogP contribution in [0.3, 0.4) is 0 Å². The van der Waals surface area contributed by atoms with Crippen molar-refractivity contribution >= 4 is 57.8 Å². The molecule has 0 radical (unpaired) electrons. The Hall–Kier alpha value is -2.39. The van der Waals surface area contributed by atoms with Gasteiger partial charge in [-0.1, -0.05) is 34.8 Å². The number of hydrogen-bond donors (Lipinski definition) is 3. The summed E-state index contributed by atoms with van der Waals surface area (Å²) >= 11 is 17.8. The maximum Gasteiger partial charge on any atom is 0.267 e. The molecule has 5 nitrogen and oxygen atoms in total. The van der Waals surface area contributed by atoms with Crippen molar-refractivity contribution in [1.29, 1.82) is 5.26 Å². The van der Waals surface area contributed by atoms with E-state index in [9.17, 15) is 4.79 Å². The number of benzene rings is 2. The maximum atomic E-state index is 12.1. The molecule has 8 heteroatoms. The van der Waals surface area contributed by atoms with Gasteiger partial charge in [0.2, 0.25) is 0 Å². The van der Waals surface area contributed by atoms with E-state index < -0.39 is 5.91 Å². The fraction of sp³-hybridized carbons (Fsp3) is 0. The number of carbonyl (C=O) groups excluding carboxylic acids is 1. The lowest BCUT2D eigenvalue weighted by Crippen LogP contribution is -2.14. The summed E-state index contributed by atoms with van der Waals surface area (Å²) in [5, 5.41) is 15.7. The van der Waals surface area contributed by atoms with Crippen molar-refractivity contribution in [2.45, 2.75) is 0 Å². The van der Waals surface area contributed by atoms with Gasteiger partial charge in [-0.25, -0.2) is 0 Å². The lowest BCUT2D eigenvalue weighted by molar-refractivity contribution is -0.112. The van der Waals surface area contributed by atoms with Crippen LogP contribution >= 0.6 is 34.8 Å². The number of nitrogens with zero attached hydrogens (tertiary/aromatic N) is 1. The largest absolute Gasteiger partial charge is 0.398 e. The fourth-order valence-electron chi connectivity index (χ4n) is 1.71. The van der Waals surface area contributed by atoms with Gasteiger partial charge in [0.05, 0.1) is 21.4 Å². The van der Waals surface area contributed by atoms with Crippen LogP contribution in [-0.2, 0) is 4.79 Å². The number of nitrogen functional groups attached to an aromatic ring is 1. The average Bonchev–Trinajstić information content (AvgIpc) is 2.54. The molecule has 2 aromatic carbocycles. The molecule has 0 aromatic heterocycles. The molecule has 0 unspecified atom stereocenters. The summed E-state index contributed by atoms with van der Waals surface area (Å²) in [5.41, 5.74) is 6.73. The molecule has 0 heterocycles. The molecule has 0 saturated carbocycles. The molecule has 1 amide bonds. The first-order valence-electron chi connectivity index (χ1n) is 6.59. The van der Waals surface area contributed by atoms with Crippen LogP contribution in [0.25, 0.3) is 0 Å². The minimum absolute atomic E-state index is 0.154. The van der Waals surface area contributed by atoms with Gasteiger partial charge in [0.15, 0.2) is 0 Å². The lowest BCUT2D eigenvalue weighted by Gasteiger charge is -2.07. The first kappa shape index (κ1) is 18.0. The number of nitrogens with two attached hydrogens (primary N) is 1. The van der Waals surface area contributed by atoms with E-state index >= 15 is 0 Å². The predicted octanol–water partition coefficient (Wildman–Crippen LogP) is 4.69. The fourth-order valence-corrected chi connectivity index (χ4v) is 2.23. The van der Waals surface area contributed by atoms with Crippen LogP contribution in [0, 0.1) is 11.3 Å². The monoisotopic (exact) mass is 380 g/mol. The van der Waals surface area contributed by atoms with Crippen LogP contribution in [-0.4, -0.2) is 5.91 Å². The van der Waals surface area contributed by atoms with Gasteiger partial charge in [0, 0.05) is 16.9 Å². The molecule has 122 valence electrons. The van der Waals surface area contributed by atoms with Gasteiger partial charge in [-0.3, -0.25) is 4.79 Å². The van der Waals surface area contributed by atoms with Crippen molar-refractivity contribution in [2.24, 2.45) is 0 Å². The third kappa shape index (κ3) is 4.56. The Labute approximate surface area is 153 Å². The molecule has 4 N–H and O–H groups in total. The zero-order valence-electron chi connectivity index (χ0n) is 12.1. The molecule has 0 aliphatic heterocycles. The third-order valence-electron chi connectivity index (χ3n) is 2.92. The Kier molecular flexibility index (Phi) is 5.93. The van der Waals surface area contributed by atoms with Crippen LogP contribution in [0.4, 0.5) is 17.1 Å². The summed E-state index contributed by atoms with van der Waals surface area (Å²) in [5.74, 6) is -0.607. The van der Waals surface area contributed by atoms with Crippen molar-refractivity contribution in [3.05, 3.63) is 63.2 Å². The van der Waals surface area contributed by atoms with E-state index in [1.165, 1.54) is 12.3 Å². The highest BCUT2D eigenvalue weighted by Crippen LogP contribution is 2.26. The van der Waals surface area contributed by atoms with Gasteiger partial charge in [0.25, 0.3) is 5.91 Å². The Balaban J connectivity index is 2.15. The number of rotatable bonds is 4. The Morgan fingerprint density at radius 2 is 1.88 bits per heavy atom.